The molecule has 1 saturated carbocycles. The van der Waals surface area contributed by atoms with E-state index in [1.165, 1.54) is 11.9 Å². The summed E-state index contributed by atoms with van der Waals surface area (Å²) in [5, 5.41) is 5.43. The van der Waals surface area contributed by atoms with Crippen LogP contribution in [-0.4, -0.2) is 55.1 Å². The number of halogens is 1. The highest BCUT2D eigenvalue weighted by Crippen LogP contribution is 2.24. The van der Waals surface area contributed by atoms with Gasteiger partial charge in [0.1, 0.15) is 6.04 Å². The number of carbonyl (C=O) groups excluding carboxylic acids is 2. The maximum Gasteiger partial charge on any atom is 0.243 e. The van der Waals surface area contributed by atoms with E-state index in [1.54, 1.807) is 36.4 Å². The molecule has 0 radical (unpaired) electrons. The summed E-state index contributed by atoms with van der Waals surface area (Å²) >= 11 is 6.29. The zero-order valence-corrected chi connectivity index (χ0v) is 26.4. The fourth-order valence-electron chi connectivity index (χ4n) is 5.80. The average molecular weight is 632 g/mol. The van der Waals surface area contributed by atoms with Crippen LogP contribution >= 0.6 is 11.6 Å². The lowest BCUT2D eigenvalue weighted by atomic mass is 9.94. The van der Waals surface area contributed by atoms with E-state index in [4.69, 9.17) is 11.6 Å². The molecular weight excluding hydrogens is 594 g/mol. The molecule has 0 aliphatic heterocycles. The van der Waals surface area contributed by atoms with E-state index in [9.17, 15) is 18.0 Å². The summed E-state index contributed by atoms with van der Waals surface area (Å²) < 4.78 is 28.4. The lowest BCUT2D eigenvalue weighted by Gasteiger charge is -2.34. The molecule has 9 heteroatoms. The van der Waals surface area contributed by atoms with Crippen molar-refractivity contribution in [2.24, 2.45) is 0 Å². The van der Waals surface area contributed by atoms with Gasteiger partial charge in [-0.2, -0.15) is 4.31 Å². The maximum atomic E-state index is 14.2. The molecule has 0 bridgehead atoms. The molecule has 44 heavy (non-hydrogen) atoms. The molecule has 0 unspecified atom stereocenters. The number of benzene rings is 4. The molecule has 1 aliphatic rings. The molecule has 1 aliphatic carbocycles. The average Bonchev–Trinajstić information content (AvgIpc) is 3.03. The Morgan fingerprint density at radius 2 is 1.52 bits per heavy atom. The third-order valence-electron chi connectivity index (χ3n) is 8.25. The summed E-state index contributed by atoms with van der Waals surface area (Å²) in [5.41, 5.74) is 1.65. The van der Waals surface area contributed by atoms with Crippen molar-refractivity contribution in [2.45, 2.75) is 62.0 Å². The van der Waals surface area contributed by atoms with Crippen LogP contribution in [0.15, 0.2) is 102 Å². The van der Waals surface area contributed by atoms with Gasteiger partial charge in [0, 0.05) is 31.1 Å². The number of rotatable bonds is 11. The van der Waals surface area contributed by atoms with E-state index in [1.807, 2.05) is 60.7 Å². The van der Waals surface area contributed by atoms with Crippen LogP contribution in [0.1, 0.15) is 43.2 Å². The zero-order chi connectivity index (χ0) is 31.1. The molecule has 2 amide bonds. The van der Waals surface area contributed by atoms with E-state index in [-0.39, 0.29) is 29.8 Å². The lowest BCUT2D eigenvalue weighted by molar-refractivity contribution is -0.141. The molecule has 230 valence electrons. The highest BCUT2D eigenvalue weighted by atomic mass is 35.5. The van der Waals surface area contributed by atoms with Gasteiger partial charge in [0.05, 0.1) is 11.4 Å². The van der Waals surface area contributed by atoms with Crippen molar-refractivity contribution >= 4 is 44.2 Å². The highest BCUT2D eigenvalue weighted by molar-refractivity contribution is 7.89. The van der Waals surface area contributed by atoms with Crippen LogP contribution in [0.3, 0.4) is 0 Å². The van der Waals surface area contributed by atoms with Crippen molar-refractivity contribution in [1.29, 1.82) is 0 Å². The molecular formula is C35H38ClN3O4S. The minimum absolute atomic E-state index is 0.0496. The Labute approximate surface area is 264 Å². The summed E-state index contributed by atoms with van der Waals surface area (Å²) in [7, 11) is -2.60. The van der Waals surface area contributed by atoms with Gasteiger partial charge in [-0.3, -0.25) is 9.59 Å². The summed E-state index contributed by atoms with van der Waals surface area (Å²) in [5.74, 6) is -0.715. The molecule has 1 N–H and O–H groups in total. The number of hydrogen-bond donors (Lipinski definition) is 1. The standard InChI is InChI=1S/C35H38ClN3O4S/c1-38(44(42,43)32-20-19-28-14-8-9-15-29(28)23-32)25-34(40)39(24-27-13-10-16-30(36)21-27)33(22-26-11-4-2-5-12-26)35(41)37-31-17-6-3-7-18-31/h2,4-5,8-16,19-21,23,31,33H,3,6-7,17-18,22,24-25H2,1H3,(H,37,41)/t33-/m0/s1. The Kier molecular flexibility index (Phi) is 10.4. The molecule has 5 rings (SSSR count). The van der Waals surface area contributed by atoms with Crippen molar-refractivity contribution < 1.29 is 18.0 Å². The minimum atomic E-state index is -4.00. The van der Waals surface area contributed by atoms with E-state index < -0.39 is 28.5 Å². The van der Waals surface area contributed by atoms with Crippen LogP contribution in [-0.2, 0) is 32.6 Å². The number of nitrogens with zero attached hydrogens (tertiary/aromatic N) is 2. The van der Waals surface area contributed by atoms with Crippen LogP contribution in [0.2, 0.25) is 5.02 Å². The summed E-state index contributed by atoms with van der Waals surface area (Å²) in [6, 6.07) is 28.4. The summed E-state index contributed by atoms with van der Waals surface area (Å²) in [6.07, 6.45) is 5.34. The molecule has 0 spiro atoms. The quantitative estimate of drug-likeness (QED) is 0.213. The molecule has 1 fully saturated rings. The second-order valence-electron chi connectivity index (χ2n) is 11.5. The molecule has 1 atom stereocenters. The molecule has 4 aromatic carbocycles. The Balaban J connectivity index is 1.45. The van der Waals surface area contributed by atoms with Crippen molar-refractivity contribution in [3.8, 4) is 0 Å². The number of sulfonamides is 1. The first-order chi connectivity index (χ1) is 21.2. The third-order valence-corrected chi connectivity index (χ3v) is 10.3. The second-order valence-corrected chi connectivity index (χ2v) is 14.0. The SMILES string of the molecule is CN(CC(=O)N(Cc1cccc(Cl)c1)[C@@H](Cc1ccccc1)C(=O)NC1CCCCC1)S(=O)(=O)c1ccc2ccccc2c1. The van der Waals surface area contributed by atoms with E-state index in [0.29, 0.717) is 5.02 Å². The molecule has 0 saturated heterocycles. The number of amides is 2. The number of likely N-dealkylation sites (N-methyl/N-ethyl adjacent to an activating group) is 1. The van der Waals surface area contributed by atoms with E-state index >= 15 is 0 Å². The number of fused-ring (bicyclic) bond motifs is 1. The first-order valence-corrected chi connectivity index (χ1v) is 16.9. The Morgan fingerprint density at radius 3 is 2.25 bits per heavy atom. The van der Waals surface area contributed by atoms with Gasteiger partial charge in [-0.15, -0.1) is 0 Å². The third kappa shape index (κ3) is 7.86. The van der Waals surface area contributed by atoms with Gasteiger partial charge in [0.2, 0.25) is 21.8 Å². The smallest absolute Gasteiger partial charge is 0.243 e. The van der Waals surface area contributed by atoms with Crippen molar-refractivity contribution in [1.82, 2.24) is 14.5 Å². The molecule has 0 heterocycles. The first kappa shape index (κ1) is 31.7. The monoisotopic (exact) mass is 631 g/mol. The van der Waals surface area contributed by atoms with Crippen LogP contribution < -0.4 is 5.32 Å². The van der Waals surface area contributed by atoms with Crippen molar-refractivity contribution in [3.05, 3.63) is 113 Å². The topological polar surface area (TPSA) is 86.8 Å². The Bertz CT molecular complexity index is 1710. The molecule has 7 nitrogen and oxygen atoms in total. The number of hydrogen-bond acceptors (Lipinski definition) is 4. The predicted octanol–water partition coefficient (Wildman–Crippen LogP) is 6.20. The van der Waals surface area contributed by atoms with Crippen LogP contribution in [0, 0.1) is 0 Å². The van der Waals surface area contributed by atoms with Gasteiger partial charge in [0.15, 0.2) is 0 Å². The second kappa shape index (κ2) is 14.4. The minimum Gasteiger partial charge on any atom is -0.352 e. The van der Waals surface area contributed by atoms with Gasteiger partial charge in [-0.05, 0) is 59.0 Å². The lowest BCUT2D eigenvalue weighted by Crippen LogP contribution is -2.54. The molecule has 4 aromatic rings. The van der Waals surface area contributed by atoms with Gasteiger partial charge < -0.3 is 10.2 Å². The Morgan fingerprint density at radius 1 is 0.841 bits per heavy atom. The first-order valence-electron chi connectivity index (χ1n) is 15.0. The van der Waals surface area contributed by atoms with E-state index in [2.05, 4.69) is 5.32 Å². The van der Waals surface area contributed by atoms with Crippen molar-refractivity contribution in [2.75, 3.05) is 13.6 Å². The number of nitrogens with one attached hydrogen (secondary N) is 1. The van der Waals surface area contributed by atoms with Crippen molar-refractivity contribution in [3.63, 3.8) is 0 Å². The fraction of sp³-hybridized carbons (Fsp3) is 0.314. The largest absolute Gasteiger partial charge is 0.352 e. The van der Waals surface area contributed by atoms with Gasteiger partial charge >= 0.3 is 0 Å². The predicted molar refractivity (Wildman–Crippen MR) is 175 cm³/mol. The van der Waals surface area contributed by atoms with E-state index in [0.717, 1.165) is 58.3 Å². The summed E-state index contributed by atoms with van der Waals surface area (Å²) in [4.78, 5) is 29.8. The summed E-state index contributed by atoms with van der Waals surface area (Å²) in [6.45, 7) is -0.337. The van der Waals surface area contributed by atoms with Crippen LogP contribution in [0.25, 0.3) is 10.8 Å². The van der Waals surface area contributed by atoms with Gasteiger partial charge in [-0.25, -0.2) is 8.42 Å². The maximum absolute atomic E-state index is 14.2. The number of carbonyl (C=O) groups is 2. The zero-order valence-electron chi connectivity index (χ0n) is 24.9. The molecule has 0 aromatic heterocycles. The highest BCUT2D eigenvalue weighted by Gasteiger charge is 2.34. The normalized spacial score (nSPS) is 14.8. The fourth-order valence-corrected chi connectivity index (χ4v) is 7.17. The van der Waals surface area contributed by atoms with Gasteiger partial charge in [-0.1, -0.05) is 104 Å². The van der Waals surface area contributed by atoms with Gasteiger partial charge in [0.25, 0.3) is 0 Å². The van der Waals surface area contributed by atoms with Crippen LogP contribution in [0.5, 0.6) is 0 Å². The van der Waals surface area contributed by atoms with Crippen LogP contribution in [0.4, 0.5) is 0 Å². The Hall–Kier alpha value is -3.72.